The van der Waals surface area contributed by atoms with E-state index in [0.717, 1.165) is 48.5 Å². The summed E-state index contributed by atoms with van der Waals surface area (Å²) >= 11 is 0. The van der Waals surface area contributed by atoms with E-state index in [1.54, 1.807) is 0 Å². The van der Waals surface area contributed by atoms with Crippen LogP contribution in [-0.4, -0.2) is 81.8 Å². The Labute approximate surface area is 443 Å². The molecule has 0 aliphatic carbocycles. The van der Waals surface area contributed by atoms with E-state index in [9.17, 15) is 51.9 Å². The van der Waals surface area contributed by atoms with Gasteiger partial charge in [0, 0.05) is 44.8 Å². The van der Waals surface area contributed by atoms with Crippen LogP contribution in [0, 0.1) is 0 Å². The Morgan fingerprint density at radius 2 is 0.607 bits per heavy atom. The minimum atomic E-state index is -5.02. The predicted octanol–water partition coefficient (Wildman–Crippen LogP) is -10.2. The summed E-state index contributed by atoms with van der Waals surface area (Å²) in [5.41, 5.74) is -0.712. The second-order valence-corrected chi connectivity index (χ2v) is 17.6. The maximum atomic E-state index is 12.0. The molecule has 8 bridgehead atoms. The van der Waals surface area contributed by atoms with Crippen LogP contribution < -0.4 is 128 Å². The minimum Gasteiger partial charge on any atom is -0.744 e. The van der Waals surface area contributed by atoms with Crippen LogP contribution in [0.5, 0.6) is 0 Å². The quantitative estimate of drug-likeness (QED) is 0.117. The Bertz CT molecular complexity index is 3400. The topological polar surface area (TPSA) is 334 Å². The molecule has 0 spiro atoms. The van der Waals surface area contributed by atoms with Gasteiger partial charge in [0.05, 0.1) is 42.9 Å². The molecule has 20 nitrogen and oxygen atoms in total. The molecule has 5 heterocycles. The number of hydrogen-bond acceptors (Lipinski definition) is 18. The molecule has 0 saturated carbocycles. The van der Waals surface area contributed by atoms with E-state index in [1.165, 1.54) is 24.3 Å². The molecule has 291 valence electrons. The smallest absolute Gasteiger partial charge is 0.744 e. The molecular formula is C32H12CuN8Na4O12S4. The van der Waals surface area contributed by atoms with Crippen molar-refractivity contribution in [3.8, 4) is 45.6 Å². The van der Waals surface area contributed by atoms with Crippen LogP contribution in [0.15, 0.2) is 92.4 Å². The fourth-order valence-electron chi connectivity index (χ4n) is 6.20. The molecule has 2 aliphatic heterocycles. The first-order valence-electron chi connectivity index (χ1n) is 15.3. The SMILES string of the molecule is O=S(=O)([O-])c1ccc2c(c1)-c1nc-2nc2[n-]c(nc3nc(nc4[n-]c(n1)c1ccc(S(=O)(=O)[O-])cc41)-c1ccc(S(=O)(=O)[O-])cc1-3)c1ccc(S(=O)(=O)[O-])cc21.[Cu+2].[Na+].[Na+].[Na+].[Na+]. The van der Waals surface area contributed by atoms with E-state index in [0.29, 0.717) is 0 Å². The third-order valence-electron chi connectivity index (χ3n) is 8.74. The van der Waals surface area contributed by atoms with Crippen LogP contribution in [0.2, 0.25) is 0 Å². The third kappa shape index (κ3) is 9.70. The normalized spacial score (nSPS) is 12.1. The average Bonchev–Trinajstić information content (AvgIpc) is 3.84. The molecule has 7 aromatic rings. The molecule has 2 aliphatic rings. The van der Waals surface area contributed by atoms with E-state index >= 15 is 0 Å². The van der Waals surface area contributed by atoms with E-state index in [-0.39, 0.29) is 225 Å². The summed E-state index contributed by atoms with van der Waals surface area (Å²) < 4.78 is 145. The monoisotopic (exact) mass is 983 g/mol. The van der Waals surface area contributed by atoms with Gasteiger partial charge in [-0.3, -0.25) is 0 Å². The first kappa shape index (κ1) is 52.0. The zero-order chi connectivity index (χ0) is 39.7. The van der Waals surface area contributed by atoms with E-state index in [1.807, 2.05) is 0 Å². The van der Waals surface area contributed by atoms with Crippen LogP contribution in [0.3, 0.4) is 0 Å². The number of rotatable bonds is 4. The Balaban J connectivity index is 0.00000164. The average molecular weight is 984 g/mol. The molecular weight excluding hydrogens is 972 g/mol. The number of fused-ring (bicyclic) bond motifs is 20. The molecule has 0 saturated heterocycles. The summed E-state index contributed by atoms with van der Waals surface area (Å²) in [6, 6.07) is 12.8. The zero-order valence-corrected chi connectivity index (χ0v) is 43.5. The fourth-order valence-corrected chi connectivity index (χ4v) is 8.19. The maximum absolute atomic E-state index is 12.0. The van der Waals surface area contributed by atoms with Crippen LogP contribution in [0.1, 0.15) is 0 Å². The number of hydrogen-bond donors (Lipinski definition) is 0. The van der Waals surface area contributed by atoms with Gasteiger partial charge in [0.1, 0.15) is 40.5 Å². The van der Waals surface area contributed by atoms with E-state index in [2.05, 4.69) is 39.9 Å². The van der Waals surface area contributed by atoms with Crippen molar-refractivity contribution in [3.05, 3.63) is 72.8 Å². The van der Waals surface area contributed by atoms with Crippen molar-refractivity contribution in [1.29, 1.82) is 0 Å². The molecule has 0 atom stereocenters. The van der Waals surface area contributed by atoms with Gasteiger partial charge >= 0.3 is 135 Å². The Hall–Kier alpha value is -1.60. The van der Waals surface area contributed by atoms with Gasteiger partial charge in [-0.05, 0) is 70.1 Å². The van der Waals surface area contributed by atoms with Crippen molar-refractivity contribution in [2.45, 2.75) is 19.6 Å². The standard InChI is InChI=1S/C32H16N8O12S4.Cu.4Na/c41-53(42,43)13-1-5-17-21(9-13)29-33-25(17)37-30-22-10-14(54(44,45)46)2-6-18(22)27(34-30)39-32-24-12-16(56(50,51)52)4-8-20(24)28(36-32)40-31-23-11-15(55(47,48)49)3-7-19(23)26(35-31)38-29;;;;;/h1-12H,(H4-2,33,34,35,36,37,38,39,40,41,42,43,44,45,46,47,48,49,50,51,52);;;;;/q-2;+2;4*+1/p-4. The number of aromatic nitrogens is 8. The van der Waals surface area contributed by atoms with Crippen LogP contribution in [0.4, 0.5) is 0 Å². The van der Waals surface area contributed by atoms with Gasteiger partial charge in [0.25, 0.3) is 0 Å². The Morgan fingerprint density at radius 1 is 0.344 bits per heavy atom. The van der Waals surface area contributed by atoms with E-state index < -0.39 is 60.1 Å². The molecule has 0 unspecified atom stereocenters. The van der Waals surface area contributed by atoms with Gasteiger partial charge in [-0.2, -0.15) is 0 Å². The number of nitrogens with zero attached hydrogens (tertiary/aromatic N) is 8. The first-order valence-corrected chi connectivity index (χ1v) is 21.0. The maximum Gasteiger partial charge on any atom is 2.00 e. The van der Waals surface area contributed by atoms with Crippen molar-refractivity contribution < 1.29 is 187 Å². The van der Waals surface area contributed by atoms with Gasteiger partial charge in [-0.1, -0.05) is 24.3 Å². The first-order chi connectivity index (χ1) is 26.2. The Morgan fingerprint density at radius 3 is 0.918 bits per heavy atom. The largest absolute Gasteiger partial charge is 2.00 e. The predicted molar refractivity (Wildman–Crippen MR) is 186 cm³/mol. The summed E-state index contributed by atoms with van der Waals surface area (Å²) in [7, 11) is -20.1. The second kappa shape index (κ2) is 18.3. The van der Waals surface area contributed by atoms with Crippen molar-refractivity contribution in [3.63, 3.8) is 0 Å². The number of benzene rings is 4. The van der Waals surface area contributed by atoms with Crippen molar-refractivity contribution in [2.24, 2.45) is 0 Å². The molecule has 61 heavy (non-hydrogen) atoms. The second-order valence-electron chi connectivity index (χ2n) is 12.1. The van der Waals surface area contributed by atoms with Gasteiger partial charge in [0.15, 0.2) is 0 Å². The summed E-state index contributed by atoms with van der Waals surface area (Å²) in [5, 5.41) is 0.169. The minimum absolute atomic E-state index is 0. The summed E-state index contributed by atoms with van der Waals surface area (Å²) in [6.07, 6.45) is 0. The molecule has 0 N–H and O–H groups in total. The van der Waals surface area contributed by atoms with Crippen LogP contribution in [0.25, 0.3) is 89.7 Å². The van der Waals surface area contributed by atoms with Crippen molar-refractivity contribution in [2.75, 3.05) is 0 Å². The molecule has 3 aromatic heterocycles. The molecule has 0 amide bonds. The van der Waals surface area contributed by atoms with Crippen molar-refractivity contribution in [1.82, 2.24) is 39.9 Å². The molecule has 9 rings (SSSR count). The molecule has 29 heteroatoms. The summed E-state index contributed by atoms with van der Waals surface area (Å²) in [6.45, 7) is 0. The van der Waals surface area contributed by atoms with Crippen molar-refractivity contribution >= 4 is 84.6 Å². The third-order valence-corrected chi connectivity index (χ3v) is 12.1. The Kier molecular flexibility index (Phi) is 15.7. The van der Waals surface area contributed by atoms with E-state index in [4.69, 9.17) is 0 Å². The summed E-state index contributed by atoms with van der Waals surface area (Å²) in [5.74, 6) is -0.882. The molecule has 4 aromatic carbocycles. The fraction of sp³-hybridized carbons (Fsp3) is 0. The molecule has 0 fully saturated rings. The van der Waals surface area contributed by atoms with Gasteiger partial charge in [0.2, 0.25) is 0 Å². The van der Waals surface area contributed by atoms with Gasteiger partial charge in [-0.15, -0.1) is 0 Å². The summed E-state index contributed by atoms with van der Waals surface area (Å²) in [4.78, 5) is 33.2. The van der Waals surface area contributed by atoms with Gasteiger partial charge in [-0.25, -0.2) is 43.6 Å². The zero-order valence-electron chi connectivity index (χ0n) is 31.3. The van der Waals surface area contributed by atoms with Crippen LogP contribution >= 0.6 is 0 Å². The van der Waals surface area contributed by atoms with Gasteiger partial charge < -0.3 is 48.1 Å². The van der Waals surface area contributed by atoms with Crippen LogP contribution in [-0.2, 0) is 57.5 Å². The molecule has 1 radical (unpaired) electrons.